The summed E-state index contributed by atoms with van der Waals surface area (Å²) < 4.78 is 13.0. The summed E-state index contributed by atoms with van der Waals surface area (Å²) in [5.74, 6) is 0.661. The molecular weight excluding hydrogens is 307 g/mol. The number of nitrogens with zero attached hydrogens (tertiary/aromatic N) is 1. The van der Waals surface area contributed by atoms with Gasteiger partial charge in [-0.25, -0.2) is 4.39 Å². The molecule has 1 aliphatic heterocycles. The van der Waals surface area contributed by atoms with Crippen LogP contribution in [0.15, 0.2) is 24.3 Å². The van der Waals surface area contributed by atoms with Crippen LogP contribution in [0.5, 0.6) is 0 Å². The second kappa shape index (κ2) is 7.77. The van der Waals surface area contributed by atoms with E-state index in [0.717, 1.165) is 18.0 Å². The van der Waals surface area contributed by atoms with Gasteiger partial charge in [-0.3, -0.25) is 9.59 Å². The number of anilines is 1. The number of hydrogen-bond donors (Lipinski definition) is 1. The SMILES string of the molecule is O=C(CCC1CCCC1)NCC1CC(=O)N(c2ccc(F)cc2)C1. The molecule has 1 N–H and O–H groups in total. The number of benzene rings is 1. The lowest BCUT2D eigenvalue weighted by molar-refractivity contribution is -0.122. The molecule has 2 fully saturated rings. The molecule has 1 aromatic rings. The van der Waals surface area contributed by atoms with Gasteiger partial charge >= 0.3 is 0 Å². The number of carbonyl (C=O) groups is 2. The van der Waals surface area contributed by atoms with E-state index in [4.69, 9.17) is 0 Å². The van der Waals surface area contributed by atoms with Crippen LogP contribution in [-0.2, 0) is 9.59 Å². The Hall–Kier alpha value is -1.91. The van der Waals surface area contributed by atoms with Gasteiger partial charge in [0.1, 0.15) is 5.82 Å². The van der Waals surface area contributed by atoms with Crippen molar-refractivity contribution in [3.05, 3.63) is 30.1 Å². The summed E-state index contributed by atoms with van der Waals surface area (Å²) in [5, 5.41) is 2.97. The van der Waals surface area contributed by atoms with Gasteiger partial charge in [-0.05, 0) is 36.6 Å². The molecule has 1 aliphatic carbocycles. The van der Waals surface area contributed by atoms with E-state index in [2.05, 4.69) is 5.32 Å². The first kappa shape index (κ1) is 16.9. The van der Waals surface area contributed by atoms with Gasteiger partial charge in [-0.1, -0.05) is 25.7 Å². The largest absolute Gasteiger partial charge is 0.356 e. The van der Waals surface area contributed by atoms with Crippen molar-refractivity contribution in [1.82, 2.24) is 5.32 Å². The van der Waals surface area contributed by atoms with Crippen molar-refractivity contribution in [3.8, 4) is 0 Å². The third kappa shape index (κ3) is 4.34. The van der Waals surface area contributed by atoms with E-state index < -0.39 is 0 Å². The van der Waals surface area contributed by atoms with E-state index in [-0.39, 0.29) is 23.5 Å². The first-order chi connectivity index (χ1) is 11.6. The fourth-order valence-corrected chi connectivity index (χ4v) is 3.77. The molecule has 2 amide bonds. The molecule has 1 unspecified atom stereocenters. The topological polar surface area (TPSA) is 49.4 Å². The molecule has 0 spiro atoms. The van der Waals surface area contributed by atoms with Crippen molar-refractivity contribution in [2.45, 2.75) is 44.9 Å². The summed E-state index contributed by atoms with van der Waals surface area (Å²) in [5.41, 5.74) is 0.719. The summed E-state index contributed by atoms with van der Waals surface area (Å²) in [4.78, 5) is 25.8. The Morgan fingerprint density at radius 3 is 2.58 bits per heavy atom. The molecule has 0 aromatic heterocycles. The van der Waals surface area contributed by atoms with Gasteiger partial charge in [-0.2, -0.15) is 0 Å². The van der Waals surface area contributed by atoms with Crippen molar-refractivity contribution in [3.63, 3.8) is 0 Å². The predicted octanol–water partition coefficient (Wildman–Crippen LogP) is 3.27. The summed E-state index contributed by atoms with van der Waals surface area (Å²) >= 11 is 0. The maximum atomic E-state index is 13.0. The van der Waals surface area contributed by atoms with Crippen molar-refractivity contribution in [1.29, 1.82) is 0 Å². The second-order valence-corrected chi connectivity index (χ2v) is 7.04. The van der Waals surface area contributed by atoms with Crippen LogP contribution in [0.25, 0.3) is 0 Å². The highest BCUT2D eigenvalue weighted by Gasteiger charge is 2.30. The molecule has 130 valence electrons. The Kier molecular flexibility index (Phi) is 5.48. The Balaban J connectivity index is 1.42. The number of halogens is 1. The maximum Gasteiger partial charge on any atom is 0.227 e. The molecule has 0 bridgehead atoms. The van der Waals surface area contributed by atoms with Gasteiger partial charge in [0.15, 0.2) is 0 Å². The Morgan fingerprint density at radius 1 is 1.17 bits per heavy atom. The van der Waals surface area contributed by atoms with Crippen LogP contribution >= 0.6 is 0 Å². The fraction of sp³-hybridized carbons (Fsp3) is 0.579. The number of carbonyl (C=O) groups excluding carboxylic acids is 2. The van der Waals surface area contributed by atoms with E-state index in [1.54, 1.807) is 17.0 Å². The van der Waals surface area contributed by atoms with Gasteiger partial charge in [-0.15, -0.1) is 0 Å². The monoisotopic (exact) mass is 332 g/mol. The number of hydrogen-bond acceptors (Lipinski definition) is 2. The quantitative estimate of drug-likeness (QED) is 0.869. The lowest BCUT2D eigenvalue weighted by Crippen LogP contribution is -2.31. The van der Waals surface area contributed by atoms with E-state index in [9.17, 15) is 14.0 Å². The highest BCUT2D eigenvalue weighted by Crippen LogP contribution is 2.28. The predicted molar refractivity (Wildman–Crippen MR) is 91.1 cm³/mol. The molecule has 5 heteroatoms. The van der Waals surface area contributed by atoms with Gasteiger partial charge in [0, 0.05) is 37.5 Å². The molecule has 1 heterocycles. The molecule has 3 rings (SSSR count). The third-order valence-electron chi connectivity index (χ3n) is 5.19. The molecule has 4 nitrogen and oxygen atoms in total. The summed E-state index contributed by atoms with van der Waals surface area (Å²) in [7, 11) is 0. The zero-order valence-electron chi connectivity index (χ0n) is 14.0. The Morgan fingerprint density at radius 2 is 1.88 bits per heavy atom. The van der Waals surface area contributed by atoms with Crippen LogP contribution in [0.2, 0.25) is 0 Å². The third-order valence-corrected chi connectivity index (χ3v) is 5.19. The van der Waals surface area contributed by atoms with E-state index >= 15 is 0 Å². The van der Waals surface area contributed by atoms with E-state index in [1.165, 1.54) is 37.8 Å². The molecule has 1 atom stereocenters. The Bertz CT molecular complexity index is 582. The van der Waals surface area contributed by atoms with Gasteiger partial charge < -0.3 is 10.2 Å². The lowest BCUT2D eigenvalue weighted by Gasteiger charge is -2.17. The van der Waals surface area contributed by atoms with Crippen molar-refractivity contribution in [2.24, 2.45) is 11.8 Å². The summed E-state index contributed by atoms with van der Waals surface area (Å²) in [6.45, 7) is 1.11. The highest BCUT2D eigenvalue weighted by molar-refractivity contribution is 5.95. The van der Waals surface area contributed by atoms with Gasteiger partial charge in [0.05, 0.1) is 0 Å². The second-order valence-electron chi connectivity index (χ2n) is 7.04. The van der Waals surface area contributed by atoms with E-state index in [0.29, 0.717) is 25.9 Å². The first-order valence-corrected chi connectivity index (χ1v) is 8.94. The Labute approximate surface area is 142 Å². The molecule has 0 radical (unpaired) electrons. The molecule has 24 heavy (non-hydrogen) atoms. The smallest absolute Gasteiger partial charge is 0.227 e. The number of nitrogens with one attached hydrogen (secondary N) is 1. The lowest BCUT2D eigenvalue weighted by atomic mass is 10.0. The van der Waals surface area contributed by atoms with Crippen LogP contribution < -0.4 is 10.2 Å². The van der Waals surface area contributed by atoms with Gasteiger partial charge in [0.2, 0.25) is 11.8 Å². The first-order valence-electron chi connectivity index (χ1n) is 8.94. The van der Waals surface area contributed by atoms with Gasteiger partial charge in [0.25, 0.3) is 0 Å². The van der Waals surface area contributed by atoms with Crippen LogP contribution in [0.3, 0.4) is 0 Å². The maximum absolute atomic E-state index is 13.0. The average Bonchev–Trinajstić information content (AvgIpc) is 3.21. The van der Waals surface area contributed by atoms with Crippen molar-refractivity contribution >= 4 is 17.5 Å². The standard InChI is InChI=1S/C19H25FN2O2/c20-16-6-8-17(9-7-16)22-13-15(11-19(22)24)12-21-18(23)10-5-14-3-1-2-4-14/h6-9,14-15H,1-5,10-13H2,(H,21,23). The van der Waals surface area contributed by atoms with Crippen molar-refractivity contribution in [2.75, 3.05) is 18.0 Å². The molecule has 2 aliphatic rings. The number of amides is 2. The summed E-state index contributed by atoms with van der Waals surface area (Å²) in [6.07, 6.45) is 7.13. The van der Waals surface area contributed by atoms with Crippen LogP contribution in [0.4, 0.5) is 10.1 Å². The average molecular weight is 332 g/mol. The zero-order valence-corrected chi connectivity index (χ0v) is 14.0. The molecule has 1 saturated heterocycles. The van der Waals surface area contributed by atoms with Crippen LogP contribution in [-0.4, -0.2) is 24.9 Å². The molecule has 1 saturated carbocycles. The summed E-state index contributed by atoms with van der Waals surface area (Å²) in [6, 6.07) is 5.97. The molecule has 1 aromatic carbocycles. The minimum absolute atomic E-state index is 0.0341. The molecular formula is C19H25FN2O2. The minimum atomic E-state index is -0.309. The van der Waals surface area contributed by atoms with Crippen molar-refractivity contribution < 1.29 is 14.0 Å². The number of rotatable bonds is 6. The van der Waals surface area contributed by atoms with Crippen LogP contribution in [0.1, 0.15) is 44.9 Å². The zero-order chi connectivity index (χ0) is 16.9. The fourth-order valence-electron chi connectivity index (χ4n) is 3.77. The van der Waals surface area contributed by atoms with E-state index in [1.807, 2.05) is 0 Å². The normalized spacial score (nSPS) is 21.5. The highest BCUT2D eigenvalue weighted by atomic mass is 19.1. The van der Waals surface area contributed by atoms with Crippen LogP contribution in [0, 0.1) is 17.7 Å². The minimum Gasteiger partial charge on any atom is -0.356 e.